The summed E-state index contributed by atoms with van der Waals surface area (Å²) in [5, 5.41) is 0. The van der Waals surface area contributed by atoms with Crippen LogP contribution in [0.3, 0.4) is 0 Å². The van der Waals surface area contributed by atoms with Crippen LogP contribution in [-0.4, -0.2) is 15.8 Å². The van der Waals surface area contributed by atoms with E-state index in [0.29, 0.717) is 0 Å². The zero-order chi connectivity index (χ0) is 6.41. The number of rotatable bonds is 4. The predicted octanol–water partition coefficient (Wildman–Crippen LogP) is 2.97. The van der Waals surface area contributed by atoms with E-state index in [-0.39, 0.29) is 0 Å². The molecule has 2 heteroatoms. The first-order chi connectivity index (χ1) is 3.81. The van der Waals surface area contributed by atoms with Crippen LogP contribution in [0, 0.1) is 0 Å². The summed E-state index contributed by atoms with van der Waals surface area (Å²) >= 11 is 1.92. The molecule has 50 valence electrons. The summed E-state index contributed by atoms with van der Waals surface area (Å²) in [6.45, 7) is 4.61. The van der Waals surface area contributed by atoms with Gasteiger partial charge in [-0.25, -0.2) is 0 Å². The van der Waals surface area contributed by atoms with Gasteiger partial charge in [0.2, 0.25) is 0 Å². The third-order valence-corrected chi connectivity index (χ3v) is 16.4. The maximum atomic E-state index is 2.75. The molecule has 0 aromatic carbocycles. The molecule has 0 spiro atoms. The van der Waals surface area contributed by atoms with Crippen LogP contribution in [-0.2, 0) is 0 Å². The van der Waals surface area contributed by atoms with Gasteiger partial charge in [-0.1, -0.05) is 0 Å². The summed E-state index contributed by atoms with van der Waals surface area (Å²) in [6, 6.07) is 0. The molecule has 0 unspecified atom stereocenters. The molecule has 0 saturated heterocycles. The fourth-order valence-corrected chi connectivity index (χ4v) is 13.5. The van der Waals surface area contributed by atoms with E-state index in [1.165, 1.54) is 12.8 Å². The Labute approximate surface area is 69.4 Å². The average molecular weight is 333 g/mol. The Hall–Kier alpha value is 1.53. The van der Waals surface area contributed by atoms with E-state index in [9.17, 15) is 0 Å². The van der Waals surface area contributed by atoms with Crippen LogP contribution in [0.15, 0.2) is 0 Å². The second-order valence-electron chi connectivity index (χ2n) is 2.17. The molecule has 0 rings (SSSR count). The quantitative estimate of drug-likeness (QED) is 0.548. The Morgan fingerprint density at radius 3 is 1.75 bits per heavy atom. The van der Waals surface area contributed by atoms with Gasteiger partial charge in [-0.3, -0.25) is 0 Å². The van der Waals surface area contributed by atoms with E-state index in [1.807, 2.05) is 0 Å². The molecule has 8 heavy (non-hydrogen) atoms. The van der Waals surface area contributed by atoms with Crippen LogP contribution in [0.1, 0.15) is 26.7 Å². The van der Waals surface area contributed by atoms with Gasteiger partial charge in [-0.05, 0) is 0 Å². The zero-order valence-electron chi connectivity index (χ0n) is 5.78. The van der Waals surface area contributed by atoms with Gasteiger partial charge in [0.15, 0.2) is 0 Å². The number of hydrogen-bond acceptors (Lipinski definition) is 0. The van der Waals surface area contributed by atoms with E-state index in [1.54, 1.807) is 8.87 Å². The molecule has 0 bridgehead atoms. The van der Waals surface area contributed by atoms with Crippen LogP contribution < -0.4 is 0 Å². The van der Waals surface area contributed by atoms with Crippen molar-refractivity contribution in [2.75, 3.05) is 0 Å². The third kappa shape index (κ3) is 5.66. The fourth-order valence-electron chi connectivity index (χ4n) is 0.771. The molecule has 0 aromatic heterocycles. The summed E-state index contributed by atoms with van der Waals surface area (Å²) in [5.41, 5.74) is 0. The summed E-state index contributed by atoms with van der Waals surface area (Å²) in [4.78, 5) is 0. The summed E-state index contributed by atoms with van der Waals surface area (Å²) in [7, 11) is 0. The number of halogens is 1. The third-order valence-electron chi connectivity index (χ3n) is 1.20. The first-order valence-corrected chi connectivity index (χ1v) is 17.7. The van der Waals surface area contributed by atoms with E-state index in [4.69, 9.17) is 0 Å². The minimum absolute atomic E-state index is 0.829. The van der Waals surface area contributed by atoms with E-state index < -0.39 is 15.8 Å². The van der Waals surface area contributed by atoms with Crippen LogP contribution in [0.5, 0.6) is 0 Å². The van der Waals surface area contributed by atoms with Crippen molar-refractivity contribution in [2.24, 2.45) is 0 Å². The van der Waals surface area contributed by atoms with Crippen molar-refractivity contribution < 1.29 is 0 Å². The van der Waals surface area contributed by atoms with Crippen LogP contribution >= 0.6 is 18.6 Å². The molecular weight excluding hydrogens is 318 g/mol. The van der Waals surface area contributed by atoms with Crippen LogP contribution in [0.4, 0.5) is 0 Å². The minimum atomic E-state index is -0.829. The van der Waals surface area contributed by atoms with Crippen molar-refractivity contribution in [2.45, 2.75) is 35.6 Å². The molecule has 0 aliphatic carbocycles. The second kappa shape index (κ2) is 6.65. The van der Waals surface area contributed by atoms with Gasteiger partial charge in [0.1, 0.15) is 0 Å². The summed E-state index contributed by atoms with van der Waals surface area (Å²) in [6.07, 6.45) is 2.87. The van der Waals surface area contributed by atoms with Crippen molar-refractivity contribution in [3.63, 3.8) is 0 Å². The van der Waals surface area contributed by atoms with Crippen molar-refractivity contribution in [3.05, 3.63) is 0 Å². The molecule has 0 aromatic rings. The topological polar surface area (TPSA) is 0 Å². The fraction of sp³-hybridized carbons (Fsp3) is 1.00. The van der Waals surface area contributed by atoms with Crippen LogP contribution in [0.25, 0.3) is 0 Å². The van der Waals surface area contributed by atoms with Crippen molar-refractivity contribution >= 4 is 34.4 Å². The van der Waals surface area contributed by atoms with Crippen LogP contribution in [0.2, 0.25) is 8.87 Å². The SMILES string of the molecule is CC[CH2][SnH]([I])[CH2]CC. The molecule has 0 aliphatic heterocycles. The average Bonchev–Trinajstić information content (AvgIpc) is 1.68. The normalized spacial score (nSPS) is 10.5. The van der Waals surface area contributed by atoms with E-state index in [0.717, 1.165) is 0 Å². The van der Waals surface area contributed by atoms with Crippen molar-refractivity contribution in [1.82, 2.24) is 0 Å². The summed E-state index contributed by atoms with van der Waals surface area (Å²) in [5.74, 6) is 0. The second-order valence-corrected chi connectivity index (χ2v) is 20.7. The summed E-state index contributed by atoms with van der Waals surface area (Å²) < 4.78 is 3.21. The zero-order valence-corrected chi connectivity index (χ0v) is 11.2. The molecule has 0 radical (unpaired) electrons. The Kier molecular flexibility index (Phi) is 7.92. The first-order valence-electron chi connectivity index (χ1n) is 3.45. The monoisotopic (exact) mass is 334 g/mol. The molecule has 0 N–H and O–H groups in total. The van der Waals surface area contributed by atoms with E-state index >= 15 is 0 Å². The van der Waals surface area contributed by atoms with E-state index in [2.05, 4.69) is 32.5 Å². The van der Waals surface area contributed by atoms with Gasteiger partial charge in [-0.2, -0.15) is 0 Å². The Morgan fingerprint density at radius 2 is 1.50 bits per heavy atom. The molecule has 0 atom stereocenters. The molecule has 0 amide bonds. The molecule has 0 heterocycles. The molecule has 0 nitrogen and oxygen atoms in total. The Balaban J connectivity index is 2.92. The molecular formula is C6H15ISn. The predicted molar refractivity (Wildman–Crippen MR) is 51.4 cm³/mol. The molecule has 0 saturated carbocycles. The van der Waals surface area contributed by atoms with Gasteiger partial charge in [-0.15, -0.1) is 0 Å². The van der Waals surface area contributed by atoms with Gasteiger partial charge in [0, 0.05) is 0 Å². The molecule has 0 fully saturated rings. The van der Waals surface area contributed by atoms with Gasteiger partial charge in [0.25, 0.3) is 0 Å². The van der Waals surface area contributed by atoms with Gasteiger partial charge in [0.05, 0.1) is 0 Å². The Bertz CT molecular complexity index is 41.8. The van der Waals surface area contributed by atoms with Crippen molar-refractivity contribution in [3.8, 4) is 0 Å². The van der Waals surface area contributed by atoms with Crippen molar-refractivity contribution in [1.29, 1.82) is 0 Å². The van der Waals surface area contributed by atoms with Gasteiger partial charge < -0.3 is 0 Å². The first kappa shape index (κ1) is 9.53. The Morgan fingerprint density at radius 1 is 1.12 bits per heavy atom. The standard InChI is InChI=1S/2C3H7.HI.Sn.H/c2*1-3-2;;;/h2*1,3H2,2H3;1H;;/q;;;+1;/p-1. The maximum absolute atomic E-state index is 2.75. The van der Waals surface area contributed by atoms with Gasteiger partial charge >= 0.3 is 70.0 Å². The molecule has 0 aliphatic rings. The number of hydrogen-bond donors (Lipinski definition) is 0.